The van der Waals surface area contributed by atoms with Crippen LogP contribution in [-0.2, 0) is 23.7 Å². The minimum absolute atomic E-state index is 0.0441. The summed E-state index contributed by atoms with van der Waals surface area (Å²) in [6.45, 7) is 6.56. The minimum atomic E-state index is -0.297. The van der Waals surface area contributed by atoms with Gasteiger partial charge in [-0.1, -0.05) is 0 Å². The Bertz CT molecular complexity index is 777. The molecular formula is C24H34N2O6. The van der Waals surface area contributed by atoms with Crippen LogP contribution in [0.2, 0.25) is 0 Å². The van der Waals surface area contributed by atoms with Gasteiger partial charge in [-0.3, -0.25) is 0 Å². The van der Waals surface area contributed by atoms with Gasteiger partial charge in [0.15, 0.2) is 12.6 Å². The number of carbonyl (C=O) groups excluding carboxylic acids is 1. The molecule has 0 amide bonds. The van der Waals surface area contributed by atoms with E-state index in [4.69, 9.17) is 23.7 Å². The van der Waals surface area contributed by atoms with Crippen LogP contribution in [0.1, 0.15) is 36.0 Å². The van der Waals surface area contributed by atoms with Crippen molar-refractivity contribution >= 4 is 17.3 Å². The molecule has 0 atom stereocenters. The smallest absolute Gasteiger partial charge is 0.337 e. The van der Waals surface area contributed by atoms with E-state index in [-0.39, 0.29) is 18.5 Å². The SMILES string of the molecule is COC(=O)c1ccc(N2CCC(C3OCCO3)CC2)c(N2CCC(C3OCCO3)CC2)c1. The van der Waals surface area contributed by atoms with Crippen molar-refractivity contribution in [2.45, 2.75) is 38.3 Å². The van der Waals surface area contributed by atoms with Crippen molar-refractivity contribution in [3.05, 3.63) is 23.8 Å². The molecule has 4 fully saturated rings. The van der Waals surface area contributed by atoms with Gasteiger partial charge in [0.05, 0.1) is 50.5 Å². The number of rotatable bonds is 5. The van der Waals surface area contributed by atoms with Crippen LogP contribution in [0.25, 0.3) is 0 Å². The first-order chi connectivity index (χ1) is 15.7. The first-order valence-corrected chi connectivity index (χ1v) is 11.9. The number of esters is 1. The molecule has 0 spiro atoms. The zero-order valence-corrected chi connectivity index (χ0v) is 18.9. The average Bonchev–Trinajstić information content (AvgIpc) is 3.58. The molecule has 0 aromatic heterocycles. The van der Waals surface area contributed by atoms with Crippen LogP contribution in [0.4, 0.5) is 11.4 Å². The van der Waals surface area contributed by atoms with Gasteiger partial charge in [-0.15, -0.1) is 0 Å². The standard InChI is InChI=1S/C24H34N2O6/c1-28-22(27)19-2-3-20(25-8-4-17(5-9-25)23-29-12-13-30-23)21(16-19)26-10-6-18(7-11-26)24-31-14-15-32-24/h2-3,16-18,23-24H,4-15H2,1H3. The van der Waals surface area contributed by atoms with E-state index >= 15 is 0 Å². The highest BCUT2D eigenvalue weighted by Crippen LogP contribution is 2.37. The Labute approximate surface area is 189 Å². The molecule has 0 bridgehead atoms. The van der Waals surface area contributed by atoms with Crippen LogP contribution in [-0.4, -0.2) is 78.3 Å². The average molecular weight is 447 g/mol. The van der Waals surface area contributed by atoms with E-state index in [1.165, 1.54) is 12.8 Å². The summed E-state index contributed by atoms with van der Waals surface area (Å²) in [6, 6.07) is 5.96. The van der Waals surface area contributed by atoms with E-state index < -0.39 is 0 Å². The van der Waals surface area contributed by atoms with Crippen LogP contribution in [0.15, 0.2) is 18.2 Å². The van der Waals surface area contributed by atoms with Gasteiger partial charge in [-0.25, -0.2) is 4.79 Å². The lowest BCUT2D eigenvalue weighted by molar-refractivity contribution is -0.0892. The third-order valence-corrected chi connectivity index (χ3v) is 7.22. The summed E-state index contributed by atoms with van der Waals surface area (Å²) in [5, 5.41) is 0. The van der Waals surface area contributed by atoms with Crippen LogP contribution in [0.3, 0.4) is 0 Å². The molecule has 4 aliphatic heterocycles. The number of methoxy groups -OCH3 is 1. The van der Waals surface area contributed by atoms with E-state index in [9.17, 15) is 4.79 Å². The Kier molecular flexibility index (Phi) is 6.83. The third kappa shape index (κ3) is 4.59. The maximum Gasteiger partial charge on any atom is 0.337 e. The quantitative estimate of drug-likeness (QED) is 0.640. The van der Waals surface area contributed by atoms with Gasteiger partial charge in [-0.05, 0) is 43.9 Å². The fourth-order valence-electron chi connectivity index (χ4n) is 5.41. The third-order valence-electron chi connectivity index (χ3n) is 7.22. The fraction of sp³-hybridized carbons (Fsp3) is 0.708. The number of hydrogen-bond donors (Lipinski definition) is 0. The predicted octanol–water partition coefficient (Wildman–Crippen LogP) is 2.65. The first-order valence-electron chi connectivity index (χ1n) is 11.9. The lowest BCUT2D eigenvalue weighted by Gasteiger charge is -2.40. The van der Waals surface area contributed by atoms with Crippen molar-refractivity contribution in [1.82, 2.24) is 0 Å². The summed E-state index contributed by atoms with van der Waals surface area (Å²) in [5.41, 5.74) is 2.90. The highest BCUT2D eigenvalue weighted by molar-refractivity contribution is 5.92. The van der Waals surface area contributed by atoms with Gasteiger partial charge in [0, 0.05) is 38.0 Å². The van der Waals surface area contributed by atoms with Crippen molar-refractivity contribution in [3.8, 4) is 0 Å². The van der Waals surface area contributed by atoms with E-state index in [0.29, 0.717) is 43.8 Å². The monoisotopic (exact) mass is 446 g/mol. The highest BCUT2D eigenvalue weighted by Gasteiger charge is 2.34. The molecule has 4 aliphatic rings. The maximum absolute atomic E-state index is 12.2. The highest BCUT2D eigenvalue weighted by atomic mass is 16.7. The van der Waals surface area contributed by atoms with Gasteiger partial charge in [-0.2, -0.15) is 0 Å². The van der Waals surface area contributed by atoms with Crippen LogP contribution >= 0.6 is 0 Å². The molecule has 4 heterocycles. The topological polar surface area (TPSA) is 69.7 Å². The minimum Gasteiger partial charge on any atom is -0.465 e. The van der Waals surface area contributed by atoms with Gasteiger partial charge >= 0.3 is 5.97 Å². The molecule has 5 rings (SSSR count). The molecule has 8 heteroatoms. The summed E-state index contributed by atoms with van der Waals surface area (Å²) < 4.78 is 27.9. The van der Waals surface area contributed by atoms with Crippen LogP contribution in [0.5, 0.6) is 0 Å². The van der Waals surface area contributed by atoms with Crippen molar-refractivity contribution in [3.63, 3.8) is 0 Å². The fourth-order valence-corrected chi connectivity index (χ4v) is 5.41. The van der Waals surface area contributed by atoms with Crippen LogP contribution < -0.4 is 9.80 Å². The Morgan fingerprint density at radius 3 is 1.72 bits per heavy atom. The second-order valence-electron chi connectivity index (χ2n) is 9.06. The lowest BCUT2D eigenvalue weighted by Crippen LogP contribution is -2.41. The summed E-state index contributed by atoms with van der Waals surface area (Å²) in [4.78, 5) is 17.1. The Morgan fingerprint density at radius 2 is 1.25 bits per heavy atom. The molecule has 8 nitrogen and oxygen atoms in total. The molecule has 0 radical (unpaired) electrons. The van der Waals surface area contributed by atoms with E-state index in [0.717, 1.165) is 57.5 Å². The van der Waals surface area contributed by atoms with Crippen molar-refractivity contribution in [2.75, 3.05) is 69.5 Å². The molecule has 1 aromatic carbocycles. The molecule has 32 heavy (non-hydrogen) atoms. The van der Waals surface area contributed by atoms with Crippen molar-refractivity contribution < 1.29 is 28.5 Å². The Balaban J connectivity index is 1.30. The molecule has 0 N–H and O–H groups in total. The van der Waals surface area contributed by atoms with Gasteiger partial charge in [0.25, 0.3) is 0 Å². The van der Waals surface area contributed by atoms with Gasteiger partial charge in [0.1, 0.15) is 0 Å². The lowest BCUT2D eigenvalue weighted by atomic mass is 9.94. The number of ether oxygens (including phenoxy) is 5. The number of piperidine rings is 2. The molecular weight excluding hydrogens is 412 g/mol. The predicted molar refractivity (Wildman–Crippen MR) is 119 cm³/mol. The summed E-state index contributed by atoms with van der Waals surface area (Å²) in [5.74, 6) is 0.589. The van der Waals surface area contributed by atoms with E-state index in [2.05, 4.69) is 15.9 Å². The molecule has 0 saturated carbocycles. The van der Waals surface area contributed by atoms with Gasteiger partial charge < -0.3 is 33.5 Å². The number of benzene rings is 1. The molecule has 176 valence electrons. The Morgan fingerprint density at radius 1 is 0.781 bits per heavy atom. The number of hydrogen-bond acceptors (Lipinski definition) is 8. The van der Waals surface area contributed by atoms with Crippen LogP contribution in [0, 0.1) is 11.8 Å². The largest absolute Gasteiger partial charge is 0.465 e. The summed E-state index contributed by atoms with van der Waals surface area (Å²) >= 11 is 0. The zero-order chi connectivity index (χ0) is 21.9. The van der Waals surface area contributed by atoms with E-state index in [1.54, 1.807) is 0 Å². The molecule has 0 unspecified atom stereocenters. The molecule has 1 aromatic rings. The summed E-state index contributed by atoms with van der Waals surface area (Å²) in [7, 11) is 1.43. The summed E-state index contributed by atoms with van der Waals surface area (Å²) in [6.07, 6.45) is 4.02. The van der Waals surface area contributed by atoms with Gasteiger partial charge in [0.2, 0.25) is 0 Å². The number of carbonyl (C=O) groups is 1. The number of nitrogens with zero attached hydrogens (tertiary/aromatic N) is 2. The zero-order valence-electron chi connectivity index (χ0n) is 18.9. The maximum atomic E-state index is 12.2. The molecule has 4 saturated heterocycles. The normalized spacial score (nSPS) is 24.4. The second kappa shape index (κ2) is 9.95. The molecule has 0 aliphatic carbocycles. The Hall–Kier alpha value is -1.87. The van der Waals surface area contributed by atoms with Crippen molar-refractivity contribution in [2.24, 2.45) is 11.8 Å². The van der Waals surface area contributed by atoms with E-state index in [1.807, 2.05) is 12.1 Å². The van der Waals surface area contributed by atoms with Crippen molar-refractivity contribution in [1.29, 1.82) is 0 Å². The second-order valence-corrected chi connectivity index (χ2v) is 9.06. The first kappa shape index (κ1) is 21.9. The number of anilines is 2.